The Bertz CT molecular complexity index is 1740. The number of aliphatic hydroxyl groups is 1. The van der Waals surface area contributed by atoms with Crippen molar-refractivity contribution < 1.29 is 33.4 Å². The number of para-hydroxylation sites is 1. The van der Waals surface area contributed by atoms with Crippen molar-refractivity contribution in [1.82, 2.24) is 40.4 Å². The van der Waals surface area contributed by atoms with Gasteiger partial charge in [-0.1, -0.05) is 56.9 Å². The van der Waals surface area contributed by atoms with Crippen LogP contribution < -0.4 is 15.4 Å². The number of pyridine rings is 1. The number of likely N-dealkylation sites (N-methyl/N-ethyl adjacent to an activating group) is 1. The van der Waals surface area contributed by atoms with Crippen molar-refractivity contribution in [2.24, 2.45) is 5.92 Å². The normalized spacial score (nSPS) is 24.4. The van der Waals surface area contributed by atoms with E-state index >= 15 is 4.39 Å². The van der Waals surface area contributed by atoms with Crippen LogP contribution in [-0.2, 0) is 34.0 Å². The van der Waals surface area contributed by atoms with Crippen molar-refractivity contribution in [3.63, 3.8) is 0 Å². The first-order valence-corrected chi connectivity index (χ1v) is 19.0. The van der Waals surface area contributed by atoms with Crippen LogP contribution in [0.5, 0.6) is 5.75 Å². The molecule has 3 N–H and O–H groups in total. The first kappa shape index (κ1) is 40.3. The monoisotopic (exact) mass is 748 g/mol. The van der Waals surface area contributed by atoms with Gasteiger partial charge in [-0.05, 0) is 55.9 Å². The van der Waals surface area contributed by atoms with Gasteiger partial charge in [-0.2, -0.15) is 0 Å². The highest BCUT2D eigenvalue weighted by Crippen LogP contribution is 2.27. The third-order valence-corrected chi connectivity index (χ3v) is 10.0. The highest BCUT2D eigenvalue weighted by Gasteiger charge is 2.44. The minimum Gasteiger partial charge on any atom is -0.483 e. The number of aryl methyl sites for hydroxylation is 1. The molecule has 0 aliphatic carbocycles. The molecule has 2 aromatic heterocycles. The molecule has 15 heteroatoms. The van der Waals surface area contributed by atoms with Crippen molar-refractivity contribution >= 4 is 23.6 Å². The zero-order chi connectivity index (χ0) is 38.8. The van der Waals surface area contributed by atoms with E-state index in [1.165, 1.54) is 35.0 Å². The van der Waals surface area contributed by atoms with E-state index in [2.05, 4.69) is 25.9 Å². The lowest BCUT2D eigenvalue weighted by Crippen LogP contribution is -2.57. The van der Waals surface area contributed by atoms with Gasteiger partial charge in [-0.3, -0.25) is 28.8 Å². The first-order chi connectivity index (χ1) is 25.9. The Morgan fingerprint density at radius 1 is 1.02 bits per heavy atom. The van der Waals surface area contributed by atoms with Gasteiger partial charge in [0.15, 0.2) is 11.6 Å². The fourth-order valence-corrected chi connectivity index (χ4v) is 7.12. The summed E-state index contributed by atoms with van der Waals surface area (Å²) in [5.74, 6) is -3.26. The number of carbonyl (C=O) groups excluding carboxylic acids is 4. The van der Waals surface area contributed by atoms with E-state index in [-0.39, 0.29) is 61.6 Å². The maximum Gasteiger partial charge on any atom is 0.255 e. The highest BCUT2D eigenvalue weighted by atomic mass is 19.1. The number of benzene rings is 1. The smallest absolute Gasteiger partial charge is 0.255 e. The van der Waals surface area contributed by atoms with Crippen LogP contribution in [0.15, 0.2) is 48.9 Å². The van der Waals surface area contributed by atoms with Crippen LogP contribution >= 0.6 is 0 Å². The van der Waals surface area contributed by atoms with E-state index < -0.39 is 47.8 Å². The molecule has 0 radical (unpaired) electrons. The molecule has 4 heterocycles. The number of rotatable bonds is 4. The van der Waals surface area contributed by atoms with Crippen molar-refractivity contribution in [2.45, 2.75) is 122 Å². The topological polar surface area (TPSA) is 172 Å². The second-order valence-corrected chi connectivity index (χ2v) is 14.9. The van der Waals surface area contributed by atoms with Gasteiger partial charge >= 0.3 is 0 Å². The average Bonchev–Trinajstić information content (AvgIpc) is 3.77. The number of aromatic nitrogens is 4. The quantitative estimate of drug-likeness (QED) is 0.362. The predicted molar refractivity (Wildman–Crippen MR) is 197 cm³/mol. The molecule has 0 unspecified atom stereocenters. The fourth-order valence-electron chi connectivity index (χ4n) is 7.12. The summed E-state index contributed by atoms with van der Waals surface area (Å²) in [6.07, 6.45) is 9.89. The minimum atomic E-state index is -1.12. The Balaban J connectivity index is 1.45. The Morgan fingerprint density at radius 2 is 1.80 bits per heavy atom. The molecule has 2 aliphatic heterocycles. The number of amides is 4. The highest BCUT2D eigenvalue weighted by molar-refractivity contribution is 6.00. The van der Waals surface area contributed by atoms with Gasteiger partial charge in [0.2, 0.25) is 17.7 Å². The van der Waals surface area contributed by atoms with Gasteiger partial charge in [0.1, 0.15) is 30.4 Å². The Hall–Kier alpha value is -4.92. The molecule has 3 aromatic rings. The predicted octanol–water partition coefficient (Wildman–Crippen LogP) is 3.43. The van der Waals surface area contributed by atoms with Crippen molar-refractivity contribution in [2.75, 3.05) is 13.6 Å². The lowest BCUT2D eigenvalue weighted by Gasteiger charge is -2.34. The molecule has 2 aliphatic rings. The van der Waals surface area contributed by atoms with Gasteiger partial charge < -0.3 is 30.3 Å². The van der Waals surface area contributed by atoms with Crippen molar-refractivity contribution in [3.8, 4) is 5.75 Å². The molecule has 5 rings (SSSR count). The number of aliphatic hydroxyl groups excluding tert-OH is 1. The molecule has 1 fully saturated rings. The van der Waals surface area contributed by atoms with Crippen molar-refractivity contribution in [3.05, 3.63) is 71.6 Å². The summed E-state index contributed by atoms with van der Waals surface area (Å²) in [6, 6.07) is 4.29. The molecule has 2 bridgehead atoms. The van der Waals surface area contributed by atoms with E-state index in [1.807, 2.05) is 26.8 Å². The third kappa shape index (κ3) is 10.6. The molecule has 14 nitrogen and oxygen atoms in total. The van der Waals surface area contributed by atoms with E-state index in [0.29, 0.717) is 12.2 Å². The Morgan fingerprint density at radius 3 is 2.56 bits per heavy atom. The minimum absolute atomic E-state index is 0.0403. The fraction of sp³-hybridized carbons (Fsp3) is 0.564. The SMILES string of the molecule is CC(C)C[C@H]1NC(=O)c2cccc(F)c2OCc2cn(nn2)CCCCCCC[C@@H](C)NC(=O)[C@H](Cc2cccnc2)N(C)C(=O)[C@H]2C[C@H](O)CN2C1=O. The second-order valence-electron chi connectivity index (χ2n) is 14.9. The Kier molecular flexibility index (Phi) is 14.1. The lowest BCUT2D eigenvalue weighted by atomic mass is 10.0. The van der Waals surface area contributed by atoms with Crippen LogP contribution in [0, 0.1) is 11.7 Å². The number of hydrogen-bond donors (Lipinski definition) is 3. The maximum atomic E-state index is 15.2. The van der Waals surface area contributed by atoms with E-state index in [1.54, 1.807) is 29.3 Å². The summed E-state index contributed by atoms with van der Waals surface area (Å²) in [5, 5.41) is 25.0. The summed E-state index contributed by atoms with van der Waals surface area (Å²) in [6.45, 7) is 6.10. The molecule has 4 amide bonds. The lowest BCUT2D eigenvalue weighted by molar-refractivity contribution is -0.147. The van der Waals surface area contributed by atoms with Gasteiger partial charge in [0, 0.05) is 51.4 Å². The summed E-state index contributed by atoms with van der Waals surface area (Å²) in [5.41, 5.74) is 1.11. The standard InChI is InChI=1S/C39H53FN8O6/c1-25(2)18-32-38(52)48-23-29(49)20-34(48)39(53)46(4)33(19-27-13-11-16-41-21-27)37(51)42-26(3)12-8-6-5-7-9-17-47-22-28(44-45-47)24-54-35-30(36(50)43-32)14-10-15-31(35)40/h10-11,13-16,21-22,25-26,29,32-34,49H,5-9,12,17-20,23-24H2,1-4H3,(H,42,51)(H,43,50)/t26-,29+,32-,33+,34-/m1/s1. The van der Waals surface area contributed by atoms with Crippen LogP contribution in [0.25, 0.3) is 0 Å². The molecule has 0 spiro atoms. The van der Waals surface area contributed by atoms with E-state index in [0.717, 1.165) is 44.1 Å². The molecule has 1 saturated heterocycles. The van der Waals surface area contributed by atoms with Gasteiger partial charge in [-0.15, -0.1) is 5.10 Å². The zero-order valence-electron chi connectivity index (χ0n) is 31.6. The number of carbonyl (C=O) groups is 4. The number of nitrogens with one attached hydrogen (secondary N) is 2. The van der Waals surface area contributed by atoms with Crippen LogP contribution in [0.4, 0.5) is 4.39 Å². The third-order valence-electron chi connectivity index (χ3n) is 10.0. The average molecular weight is 749 g/mol. The van der Waals surface area contributed by atoms with E-state index in [9.17, 15) is 24.3 Å². The van der Waals surface area contributed by atoms with Crippen molar-refractivity contribution in [1.29, 1.82) is 0 Å². The van der Waals surface area contributed by atoms with Gasteiger partial charge in [-0.25, -0.2) is 4.39 Å². The first-order valence-electron chi connectivity index (χ1n) is 19.0. The zero-order valence-corrected chi connectivity index (χ0v) is 31.6. The largest absolute Gasteiger partial charge is 0.483 e. The number of halogens is 1. The summed E-state index contributed by atoms with van der Waals surface area (Å²) in [7, 11) is 1.54. The van der Waals surface area contributed by atoms with Gasteiger partial charge in [0.05, 0.1) is 17.9 Å². The molecular formula is C39H53FN8O6. The molecule has 1 aromatic carbocycles. The Labute approximate surface area is 315 Å². The number of hydrogen-bond acceptors (Lipinski definition) is 9. The maximum absolute atomic E-state index is 15.2. The molecule has 292 valence electrons. The van der Waals surface area contributed by atoms with Gasteiger partial charge in [0.25, 0.3) is 5.91 Å². The number of nitrogens with zero attached hydrogens (tertiary/aromatic N) is 6. The summed E-state index contributed by atoms with van der Waals surface area (Å²) >= 11 is 0. The molecular weight excluding hydrogens is 695 g/mol. The summed E-state index contributed by atoms with van der Waals surface area (Å²) in [4.78, 5) is 63.1. The molecule has 5 atom stereocenters. The van der Waals surface area contributed by atoms with Crippen LogP contribution in [-0.4, -0.2) is 102 Å². The summed E-state index contributed by atoms with van der Waals surface area (Å²) < 4.78 is 22.7. The molecule has 0 saturated carbocycles. The number of fused-ring (bicyclic) bond motifs is 4. The number of ether oxygens (including phenoxy) is 1. The van der Waals surface area contributed by atoms with Crippen LogP contribution in [0.2, 0.25) is 0 Å². The molecule has 54 heavy (non-hydrogen) atoms. The second kappa shape index (κ2) is 18.9. The van der Waals surface area contributed by atoms with E-state index in [4.69, 9.17) is 4.74 Å². The van der Waals surface area contributed by atoms with Crippen LogP contribution in [0.1, 0.15) is 93.8 Å². The van der Waals surface area contributed by atoms with Crippen LogP contribution in [0.3, 0.4) is 0 Å².